The van der Waals surface area contributed by atoms with Gasteiger partial charge < -0.3 is 4.74 Å². The summed E-state index contributed by atoms with van der Waals surface area (Å²) in [4.78, 5) is 24.0. The molecule has 0 unspecified atom stereocenters. The van der Waals surface area contributed by atoms with E-state index in [0.717, 1.165) is 16.8 Å². The third kappa shape index (κ3) is 4.82. The zero-order valence-corrected chi connectivity index (χ0v) is 16.2. The molecule has 0 saturated carbocycles. The van der Waals surface area contributed by atoms with Gasteiger partial charge in [0.05, 0.1) is 10.2 Å². The lowest BCUT2D eigenvalue weighted by molar-refractivity contribution is -0.123. The summed E-state index contributed by atoms with van der Waals surface area (Å²) in [5.74, 6) is -0.165. The Morgan fingerprint density at radius 3 is 2.64 bits per heavy atom. The van der Waals surface area contributed by atoms with Gasteiger partial charge in [-0.1, -0.05) is 26.0 Å². The monoisotopic (exact) mass is 408 g/mol. The number of nitrogens with one attached hydrogen (secondary N) is 3. The van der Waals surface area contributed by atoms with Crippen molar-refractivity contribution in [3.05, 3.63) is 45.2 Å². The molecule has 0 fully saturated rings. The molecule has 1 heterocycles. The third-order valence-corrected chi connectivity index (χ3v) is 4.35. The van der Waals surface area contributed by atoms with Crippen LogP contribution in [0.3, 0.4) is 0 Å². The van der Waals surface area contributed by atoms with Crippen molar-refractivity contribution < 1.29 is 14.3 Å². The van der Waals surface area contributed by atoms with Crippen molar-refractivity contribution in [1.29, 1.82) is 0 Å². The van der Waals surface area contributed by atoms with Gasteiger partial charge in [0.25, 0.3) is 11.8 Å². The molecule has 25 heavy (non-hydrogen) atoms. The summed E-state index contributed by atoms with van der Waals surface area (Å²) in [6, 6.07) is 5.75. The largest absolute Gasteiger partial charge is 0.483 e. The average molecular weight is 409 g/mol. The van der Waals surface area contributed by atoms with Crippen molar-refractivity contribution >= 4 is 27.7 Å². The Morgan fingerprint density at radius 2 is 2.00 bits per heavy atom. The van der Waals surface area contributed by atoms with E-state index >= 15 is 0 Å². The number of nitrogens with zero attached hydrogens (tertiary/aromatic N) is 1. The zero-order chi connectivity index (χ0) is 18.6. The highest BCUT2D eigenvalue weighted by Gasteiger charge is 2.19. The molecule has 2 amide bonds. The summed E-state index contributed by atoms with van der Waals surface area (Å²) >= 11 is 3.34. The highest BCUT2D eigenvalue weighted by Crippen LogP contribution is 2.25. The van der Waals surface area contributed by atoms with Gasteiger partial charge in [-0.05, 0) is 52.9 Å². The first-order chi connectivity index (χ1) is 11.8. The van der Waals surface area contributed by atoms with Gasteiger partial charge >= 0.3 is 0 Å². The first kappa shape index (κ1) is 19.0. The Bertz CT molecular complexity index is 786. The number of H-pyrrole nitrogens is 1. The fraction of sp³-hybridized carbons (Fsp3) is 0.353. The maximum absolute atomic E-state index is 12.1. The lowest BCUT2D eigenvalue weighted by Crippen LogP contribution is -2.44. The minimum atomic E-state index is -0.518. The van der Waals surface area contributed by atoms with Crippen LogP contribution in [0.25, 0.3) is 0 Å². The second-order valence-corrected chi connectivity index (χ2v) is 6.81. The second kappa shape index (κ2) is 8.15. The zero-order valence-electron chi connectivity index (χ0n) is 14.6. The van der Waals surface area contributed by atoms with Crippen LogP contribution in [0.1, 0.15) is 47.1 Å². The Balaban J connectivity index is 1.87. The number of ether oxygens (including phenoxy) is 1. The molecule has 3 N–H and O–H groups in total. The minimum absolute atomic E-state index is 0.180. The number of aryl methyl sites for hydroxylation is 2. The van der Waals surface area contributed by atoms with E-state index < -0.39 is 11.8 Å². The summed E-state index contributed by atoms with van der Waals surface area (Å²) in [6.45, 7) is 7.60. The fourth-order valence-electron chi connectivity index (χ4n) is 2.10. The molecule has 1 aromatic carbocycles. The normalized spacial score (nSPS) is 10.6. The SMILES string of the molecule is Cc1ccc(C)c(OCC(=O)NNC(=O)c2n[nH]c(C(C)C)c2Br)c1. The van der Waals surface area contributed by atoms with Crippen molar-refractivity contribution in [2.75, 3.05) is 6.61 Å². The van der Waals surface area contributed by atoms with Gasteiger partial charge in [-0.2, -0.15) is 5.10 Å². The van der Waals surface area contributed by atoms with E-state index in [1.165, 1.54) is 0 Å². The number of rotatable bonds is 5. The molecule has 8 heteroatoms. The molecule has 0 atom stereocenters. The topological polar surface area (TPSA) is 96.1 Å². The van der Waals surface area contributed by atoms with E-state index in [4.69, 9.17) is 4.74 Å². The molecule has 2 rings (SSSR count). The molecule has 0 aliphatic heterocycles. The molecular weight excluding hydrogens is 388 g/mol. The molecule has 1 aromatic heterocycles. The molecule has 7 nitrogen and oxygen atoms in total. The fourth-order valence-corrected chi connectivity index (χ4v) is 2.92. The van der Waals surface area contributed by atoms with Crippen LogP contribution in [0.15, 0.2) is 22.7 Å². The van der Waals surface area contributed by atoms with Crippen LogP contribution in [0.4, 0.5) is 0 Å². The van der Waals surface area contributed by atoms with Crippen molar-refractivity contribution in [3.63, 3.8) is 0 Å². The third-order valence-electron chi connectivity index (χ3n) is 3.54. The van der Waals surface area contributed by atoms with Crippen LogP contribution >= 0.6 is 15.9 Å². The smallest absolute Gasteiger partial charge is 0.291 e. The van der Waals surface area contributed by atoms with E-state index in [9.17, 15) is 9.59 Å². The van der Waals surface area contributed by atoms with Crippen LogP contribution < -0.4 is 15.6 Å². The number of hydrazine groups is 1. The number of hydrogen-bond donors (Lipinski definition) is 3. The van der Waals surface area contributed by atoms with Gasteiger partial charge in [-0.25, -0.2) is 0 Å². The molecule has 0 radical (unpaired) electrons. The van der Waals surface area contributed by atoms with Crippen molar-refractivity contribution in [2.45, 2.75) is 33.6 Å². The second-order valence-electron chi connectivity index (χ2n) is 6.01. The van der Waals surface area contributed by atoms with Gasteiger partial charge in [-0.15, -0.1) is 0 Å². The Kier molecular flexibility index (Phi) is 6.19. The van der Waals surface area contributed by atoms with E-state index in [2.05, 4.69) is 37.0 Å². The van der Waals surface area contributed by atoms with E-state index in [-0.39, 0.29) is 18.2 Å². The quantitative estimate of drug-likeness (QED) is 0.662. The molecule has 0 aliphatic rings. The van der Waals surface area contributed by atoms with Crippen LogP contribution in [0, 0.1) is 13.8 Å². The number of aromatic nitrogens is 2. The highest BCUT2D eigenvalue weighted by molar-refractivity contribution is 9.10. The first-order valence-corrected chi connectivity index (χ1v) is 8.62. The Labute approximate surface area is 154 Å². The van der Waals surface area contributed by atoms with Crippen LogP contribution in [-0.4, -0.2) is 28.6 Å². The van der Waals surface area contributed by atoms with Gasteiger partial charge in [0.15, 0.2) is 12.3 Å². The molecule has 0 spiro atoms. The van der Waals surface area contributed by atoms with Crippen LogP contribution in [0.5, 0.6) is 5.75 Å². The van der Waals surface area contributed by atoms with Crippen molar-refractivity contribution in [2.24, 2.45) is 0 Å². The molecular formula is C17H21BrN4O3. The molecule has 0 bridgehead atoms. The maximum atomic E-state index is 12.1. The molecule has 2 aromatic rings. The number of benzene rings is 1. The summed E-state index contributed by atoms with van der Waals surface area (Å²) in [7, 11) is 0. The highest BCUT2D eigenvalue weighted by atomic mass is 79.9. The number of carbonyl (C=O) groups excluding carboxylic acids is 2. The summed E-state index contributed by atoms with van der Waals surface area (Å²) in [5.41, 5.74) is 7.61. The average Bonchev–Trinajstić information content (AvgIpc) is 2.95. The lowest BCUT2D eigenvalue weighted by atomic mass is 10.1. The number of amides is 2. The number of carbonyl (C=O) groups is 2. The summed E-state index contributed by atoms with van der Waals surface area (Å²) < 4.78 is 6.07. The first-order valence-electron chi connectivity index (χ1n) is 7.82. The van der Waals surface area contributed by atoms with Gasteiger partial charge in [-0.3, -0.25) is 25.5 Å². The lowest BCUT2D eigenvalue weighted by Gasteiger charge is -2.10. The minimum Gasteiger partial charge on any atom is -0.483 e. The van der Waals surface area contributed by atoms with Crippen molar-refractivity contribution in [1.82, 2.24) is 21.0 Å². The van der Waals surface area contributed by atoms with Crippen LogP contribution in [-0.2, 0) is 4.79 Å². The number of hydrogen-bond acceptors (Lipinski definition) is 4. The molecule has 0 aliphatic carbocycles. The summed E-state index contributed by atoms with van der Waals surface area (Å²) in [5, 5.41) is 6.77. The molecule has 134 valence electrons. The summed E-state index contributed by atoms with van der Waals surface area (Å²) in [6.07, 6.45) is 0. The predicted octanol–water partition coefficient (Wildman–Crippen LogP) is 2.75. The van der Waals surface area contributed by atoms with Gasteiger partial charge in [0, 0.05) is 0 Å². The van der Waals surface area contributed by atoms with Crippen LogP contribution in [0.2, 0.25) is 0 Å². The molecule has 0 saturated heterocycles. The van der Waals surface area contributed by atoms with Crippen molar-refractivity contribution in [3.8, 4) is 5.75 Å². The standard InChI is InChI=1S/C17H21BrN4O3/c1-9(2)15-14(18)16(21-20-15)17(24)22-19-13(23)8-25-12-7-10(3)5-6-11(12)4/h5-7,9H,8H2,1-4H3,(H,19,23)(H,20,21)(H,22,24). The van der Waals surface area contributed by atoms with Gasteiger partial charge in [0.1, 0.15) is 5.75 Å². The Hall–Kier alpha value is -2.35. The van der Waals surface area contributed by atoms with E-state index in [0.29, 0.717) is 10.2 Å². The van der Waals surface area contributed by atoms with E-state index in [1.54, 1.807) is 0 Å². The number of halogens is 1. The number of aromatic amines is 1. The predicted molar refractivity (Wildman–Crippen MR) is 97.4 cm³/mol. The van der Waals surface area contributed by atoms with E-state index in [1.807, 2.05) is 45.9 Å². The maximum Gasteiger partial charge on any atom is 0.291 e. The Morgan fingerprint density at radius 1 is 1.28 bits per heavy atom. The van der Waals surface area contributed by atoms with Gasteiger partial charge in [0.2, 0.25) is 0 Å².